The first-order chi connectivity index (χ1) is 24.3. The van der Waals surface area contributed by atoms with Gasteiger partial charge in [0.1, 0.15) is 0 Å². The Morgan fingerprint density at radius 1 is 0.163 bits per heavy atom. The smallest absolute Gasteiger partial charge is 0.0318 e. The zero-order chi connectivity index (χ0) is 32.3. The maximum Gasteiger partial charge on any atom is -0.0318 e. The van der Waals surface area contributed by atoms with Crippen molar-refractivity contribution in [3.05, 3.63) is 0 Å². The molecular formula is C49H80. The van der Waals surface area contributed by atoms with Gasteiger partial charge in [-0.2, -0.15) is 0 Å². The average molecular weight is 669 g/mol. The standard InChI is InChI=1S/C49H80/c1-3-11-32(12-4-1)39-28-40(36-23-24-44-37(27-36)21-19-34-15-7-9-17-42(34)44)30-41(29-39)46-26-25-43(33-13-5-2-6-14-33)47-31-38-22-20-35-16-8-10-18-45(35)48(38)49(46)47/h32-49H,1-31H2. The monoisotopic (exact) mass is 669 g/mol. The highest BCUT2D eigenvalue weighted by Gasteiger charge is 2.59. The number of hydrogen-bond acceptors (Lipinski definition) is 0. The molecule has 10 saturated carbocycles. The molecule has 0 saturated heterocycles. The largest absolute Gasteiger partial charge is 0.0533 e. The third-order valence-corrected chi connectivity index (χ3v) is 20.5. The van der Waals surface area contributed by atoms with Crippen LogP contribution in [0.2, 0.25) is 0 Å². The predicted octanol–water partition coefficient (Wildman–Crippen LogP) is 14.3. The van der Waals surface area contributed by atoms with E-state index in [9.17, 15) is 0 Å². The summed E-state index contributed by atoms with van der Waals surface area (Å²) in [6.07, 6.45) is 50.1. The van der Waals surface area contributed by atoms with Crippen LogP contribution in [0.5, 0.6) is 0 Å². The topological polar surface area (TPSA) is 0 Å². The summed E-state index contributed by atoms with van der Waals surface area (Å²) < 4.78 is 0. The van der Waals surface area contributed by atoms with Crippen LogP contribution < -0.4 is 0 Å². The summed E-state index contributed by atoms with van der Waals surface area (Å²) in [5, 5.41) is 0. The second-order valence-corrected chi connectivity index (χ2v) is 22.1. The molecule has 0 spiro atoms. The fraction of sp³-hybridized carbons (Fsp3) is 1.00. The first-order valence-corrected chi connectivity index (χ1v) is 24.3. The molecule has 0 amide bonds. The van der Waals surface area contributed by atoms with E-state index in [2.05, 4.69) is 0 Å². The molecule has 10 rings (SSSR count). The molecule has 0 bridgehead atoms. The molecule has 276 valence electrons. The summed E-state index contributed by atoms with van der Waals surface area (Å²) >= 11 is 0. The molecule has 0 heterocycles. The van der Waals surface area contributed by atoms with Crippen LogP contribution in [0.4, 0.5) is 0 Å². The molecule has 0 aromatic rings. The summed E-state index contributed by atoms with van der Waals surface area (Å²) in [6, 6.07) is 0. The van der Waals surface area contributed by atoms with Crippen molar-refractivity contribution in [2.45, 2.75) is 199 Å². The number of fused-ring (bicyclic) bond motifs is 8. The Bertz CT molecular complexity index is 1080. The summed E-state index contributed by atoms with van der Waals surface area (Å²) in [4.78, 5) is 0. The van der Waals surface area contributed by atoms with Gasteiger partial charge in [0.2, 0.25) is 0 Å². The van der Waals surface area contributed by atoms with Crippen molar-refractivity contribution in [1.82, 2.24) is 0 Å². The van der Waals surface area contributed by atoms with Gasteiger partial charge in [-0.15, -0.1) is 0 Å². The van der Waals surface area contributed by atoms with Crippen molar-refractivity contribution in [1.29, 1.82) is 0 Å². The zero-order valence-electron chi connectivity index (χ0n) is 32.3. The third-order valence-electron chi connectivity index (χ3n) is 20.5. The lowest BCUT2D eigenvalue weighted by Gasteiger charge is -2.55. The molecule has 0 radical (unpaired) electrons. The molecule has 0 N–H and O–H groups in total. The van der Waals surface area contributed by atoms with Gasteiger partial charge in [-0.3, -0.25) is 0 Å². The zero-order valence-corrected chi connectivity index (χ0v) is 32.3. The summed E-state index contributed by atoms with van der Waals surface area (Å²) in [7, 11) is 0. The Kier molecular flexibility index (Phi) is 10.1. The molecule has 10 fully saturated rings. The van der Waals surface area contributed by atoms with Crippen molar-refractivity contribution >= 4 is 0 Å². The van der Waals surface area contributed by atoms with Crippen LogP contribution in [0.3, 0.4) is 0 Å². The Balaban J connectivity index is 0.928. The first-order valence-electron chi connectivity index (χ1n) is 24.3. The Morgan fingerprint density at radius 2 is 0.571 bits per heavy atom. The molecule has 16 unspecified atom stereocenters. The highest BCUT2D eigenvalue weighted by atomic mass is 14.6. The summed E-state index contributed by atoms with van der Waals surface area (Å²) in [5.41, 5.74) is 0. The average Bonchev–Trinajstić information content (AvgIpc) is 3.58. The van der Waals surface area contributed by atoms with E-state index in [0.29, 0.717) is 0 Å². The van der Waals surface area contributed by atoms with E-state index in [-0.39, 0.29) is 0 Å². The highest BCUT2D eigenvalue weighted by molar-refractivity contribution is 5.08. The van der Waals surface area contributed by atoms with Gasteiger partial charge in [0, 0.05) is 0 Å². The fourth-order valence-electron chi connectivity index (χ4n) is 18.7. The van der Waals surface area contributed by atoms with E-state index in [4.69, 9.17) is 0 Å². The Morgan fingerprint density at radius 3 is 1.33 bits per heavy atom. The van der Waals surface area contributed by atoms with Crippen molar-refractivity contribution in [3.8, 4) is 0 Å². The fourth-order valence-corrected chi connectivity index (χ4v) is 18.7. The normalized spacial score (nSPS) is 52.7. The van der Waals surface area contributed by atoms with Crippen LogP contribution in [-0.4, -0.2) is 0 Å². The molecule has 0 aromatic heterocycles. The minimum atomic E-state index is 1.11. The molecule has 10 aliphatic rings. The lowest BCUT2D eigenvalue weighted by molar-refractivity contribution is -0.0570. The predicted molar refractivity (Wildman–Crippen MR) is 206 cm³/mol. The Labute approximate surface area is 304 Å². The molecule has 0 nitrogen and oxygen atoms in total. The lowest BCUT2D eigenvalue weighted by Crippen LogP contribution is -2.47. The van der Waals surface area contributed by atoms with Crippen LogP contribution in [0.1, 0.15) is 199 Å². The van der Waals surface area contributed by atoms with E-state index < -0.39 is 0 Å². The van der Waals surface area contributed by atoms with Gasteiger partial charge in [-0.1, -0.05) is 103 Å². The van der Waals surface area contributed by atoms with Crippen LogP contribution >= 0.6 is 0 Å². The quantitative estimate of drug-likeness (QED) is 0.280. The lowest BCUT2D eigenvalue weighted by atomic mass is 9.50. The number of hydrogen-bond donors (Lipinski definition) is 0. The number of rotatable bonds is 4. The van der Waals surface area contributed by atoms with Crippen LogP contribution in [-0.2, 0) is 0 Å². The Hall–Kier alpha value is 0. The van der Waals surface area contributed by atoms with Gasteiger partial charge in [-0.25, -0.2) is 0 Å². The highest BCUT2D eigenvalue weighted by Crippen LogP contribution is 2.66. The van der Waals surface area contributed by atoms with Crippen molar-refractivity contribution in [2.75, 3.05) is 0 Å². The van der Waals surface area contributed by atoms with Crippen molar-refractivity contribution in [3.63, 3.8) is 0 Å². The molecule has 16 atom stereocenters. The van der Waals surface area contributed by atoms with Crippen LogP contribution in [0, 0.1) is 107 Å². The van der Waals surface area contributed by atoms with Crippen molar-refractivity contribution in [2.24, 2.45) is 107 Å². The molecular weight excluding hydrogens is 589 g/mol. The van der Waals surface area contributed by atoms with E-state index >= 15 is 0 Å². The molecule has 10 aliphatic carbocycles. The SMILES string of the molecule is C1CCC(C2CC(C3CCC4C(CCC5CCCCC54)C3)CC(C3CCC(C4CCCCC4)C4CC5CCC6CCCCC6C5C34)C2)CC1. The molecule has 0 aromatic carbocycles. The summed E-state index contributed by atoms with van der Waals surface area (Å²) in [6.45, 7) is 0. The van der Waals surface area contributed by atoms with Gasteiger partial charge < -0.3 is 0 Å². The molecule has 0 heteroatoms. The van der Waals surface area contributed by atoms with E-state index in [1.165, 1.54) is 0 Å². The second kappa shape index (κ2) is 14.7. The van der Waals surface area contributed by atoms with E-state index in [1.54, 1.807) is 199 Å². The van der Waals surface area contributed by atoms with E-state index in [0.717, 1.165) is 107 Å². The van der Waals surface area contributed by atoms with Gasteiger partial charge >= 0.3 is 0 Å². The van der Waals surface area contributed by atoms with Gasteiger partial charge in [0.05, 0.1) is 0 Å². The maximum absolute atomic E-state index is 1.70. The minimum Gasteiger partial charge on any atom is -0.0533 e. The van der Waals surface area contributed by atoms with Crippen LogP contribution in [0.15, 0.2) is 0 Å². The first kappa shape index (κ1) is 33.6. The van der Waals surface area contributed by atoms with Gasteiger partial charge in [0.25, 0.3) is 0 Å². The maximum atomic E-state index is 1.70. The molecule has 0 aliphatic heterocycles. The molecule has 49 heavy (non-hydrogen) atoms. The second-order valence-electron chi connectivity index (χ2n) is 22.1. The minimum absolute atomic E-state index is 1.11. The van der Waals surface area contributed by atoms with E-state index in [1.807, 2.05) is 0 Å². The van der Waals surface area contributed by atoms with Crippen molar-refractivity contribution < 1.29 is 0 Å². The summed E-state index contributed by atoms with van der Waals surface area (Å²) in [5.74, 6) is 20.4. The van der Waals surface area contributed by atoms with Gasteiger partial charge in [-0.05, 0) is 203 Å². The third kappa shape index (κ3) is 6.40. The van der Waals surface area contributed by atoms with Gasteiger partial charge in [0.15, 0.2) is 0 Å². The van der Waals surface area contributed by atoms with Crippen LogP contribution in [0.25, 0.3) is 0 Å².